The number of rotatable bonds is 2. The van der Waals surface area contributed by atoms with E-state index in [2.05, 4.69) is 5.32 Å². The standard InChI is InChI=1S/C9H16FNO5/c1-4(13)11-8-6(10)7(14)5(3-12)16-9(8,2)15/h5-8,12,14-15H,3H2,1-2H3,(H,11,13)/t5-,6+,7-,8+,9+/m1/s1. The van der Waals surface area contributed by atoms with Crippen molar-refractivity contribution in [2.45, 2.75) is 44.1 Å². The summed E-state index contributed by atoms with van der Waals surface area (Å²) in [5.74, 6) is -2.52. The molecule has 0 aliphatic carbocycles. The Kier molecular flexibility index (Phi) is 3.84. The minimum absolute atomic E-state index is 0.550. The van der Waals surface area contributed by atoms with E-state index in [1.807, 2.05) is 0 Å². The van der Waals surface area contributed by atoms with E-state index in [0.29, 0.717) is 0 Å². The van der Waals surface area contributed by atoms with Gasteiger partial charge in [0.2, 0.25) is 5.91 Å². The van der Waals surface area contributed by atoms with Gasteiger partial charge < -0.3 is 25.4 Å². The Bertz CT molecular complexity index is 273. The SMILES string of the molecule is CC(=O)N[C@H]1[C@@H](F)[C@H](O)[C@@H](CO)O[C@]1(C)O. The zero-order valence-electron chi connectivity index (χ0n) is 9.05. The second-order valence-electron chi connectivity index (χ2n) is 4.01. The Morgan fingerprint density at radius 2 is 2.19 bits per heavy atom. The molecule has 1 rings (SSSR count). The van der Waals surface area contributed by atoms with E-state index in [1.165, 1.54) is 0 Å². The molecule has 6 nitrogen and oxygen atoms in total. The minimum Gasteiger partial charge on any atom is -0.394 e. The molecule has 5 atom stereocenters. The maximum absolute atomic E-state index is 13.7. The molecule has 0 radical (unpaired) electrons. The van der Waals surface area contributed by atoms with Crippen LogP contribution in [0.15, 0.2) is 0 Å². The van der Waals surface area contributed by atoms with Crippen molar-refractivity contribution in [3.63, 3.8) is 0 Å². The zero-order valence-corrected chi connectivity index (χ0v) is 9.05. The van der Waals surface area contributed by atoms with E-state index in [9.17, 15) is 19.4 Å². The lowest BCUT2D eigenvalue weighted by Gasteiger charge is -2.45. The van der Waals surface area contributed by atoms with Crippen molar-refractivity contribution in [2.75, 3.05) is 6.61 Å². The predicted octanol–water partition coefficient (Wildman–Crippen LogP) is -1.71. The number of alkyl halides is 1. The quantitative estimate of drug-likeness (QED) is 0.458. The van der Waals surface area contributed by atoms with Crippen LogP contribution in [-0.2, 0) is 9.53 Å². The molecule has 1 aliphatic heterocycles. The normalized spacial score (nSPS) is 44.1. The van der Waals surface area contributed by atoms with Gasteiger partial charge in [0.15, 0.2) is 12.0 Å². The summed E-state index contributed by atoms with van der Waals surface area (Å²) in [6, 6.07) is -1.37. The van der Waals surface area contributed by atoms with Gasteiger partial charge in [0.05, 0.1) is 6.61 Å². The third kappa shape index (κ3) is 2.49. The highest BCUT2D eigenvalue weighted by Crippen LogP contribution is 2.29. The average molecular weight is 237 g/mol. The molecule has 0 aromatic carbocycles. The molecule has 1 heterocycles. The zero-order chi connectivity index (χ0) is 12.5. The number of ether oxygens (including phenoxy) is 1. The van der Waals surface area contributed by atoms with Crippen molar-refractivity contribution < 1.29 is 29.2 Å². The van der Waals surface area contributed by atoms with Gasteiger partial charge in [-0.25, -0.2) is 4.39 Å². The third-order valence-corrected chi connectivity index (χ3v) is 2.53. The smallest absolute Gasteiger partial charge is 0.217 e. The number of amides is 1. The summed E-state index contributed by atoms with van der Waals surface area (Å²) < 4.78 is 18.6. The molecular formula is C9H16FNO5. The Labute approximate surface area is 92.0 Å². The van der Waals surface area contributed by atoms with Crippen LogP contribution in [0.25, 0.3) is 0 Å². The average Bonchev–Trinajstić information content (AvgIpc) is 2.18. The van der Waals surface area contributed by atoms with E-state index < -0.39 is 42.7 Å². The van der Waals surface area contributed by atoms with Crippen LogP contribution >= 0.6 is 0 Å². The molecule has 0 unspecified atom stereocenters. The van der Waals surface area contributed by atoms with Gasteiger partial charge in [-0.15, -0.1) is 0 Å². The fourth-order valence-electron chi connectivity index (χ4n) is 1.72. The Morgan fingerprint density at radius 3 is 2.62 bits per heavy atom. The molecule has 1 saturated heterocycles. The van der Waals surface area contributed by atoms with Crippen LogP contribution in [-0.4, -0.2) is 58.0 Å². The summed E-state index contributed by atoms with van der Waals surface area (Å²) >= 11 is 0. The van der Waals surface area contributed by atoms with Crippen molar-refractivity contribution in [3.05, 3.63) is 0 Å². The molecule has 94 valence electrons. The van der Waals surface area contributed by atoms with Crippen LogP contribution in [0, 0.1) is 0 Å². The highest BCUT2D eigenvalue weighted by molar-refractivity contribution is 5.73. The lowest BCUT2D eigenvalue weighted by molar-refractivity contribution is -0.301. The van der Waals surface area contributed by atoms with E-state index >= 15 is 0 Å². The summed E-state index contributed by atoms with van der Waals surface area (Å²) in [5, 5.41) is 30.2. The second-order valence-corrected chi connectivity index (χ2v) is 4.01. The van der Waals surface area contributed by atoms with Crippen molar-refractivity contribution >= 4 is 5.91 Å². The number of halogens is 1. The minimum atomic E-state index is -1.97. The van der Waals surface area contributed by atoms with Crippen LogP contribution in [0.4, 0.5) is 4.39 Å². The fourth-order valence-corrected chi connectivity index (χ4v) is 1.72. The molecule has 0 aromatic rings. The van der Waals surface area contributed by atoms with Gasteiger partial charge in [-0.2, -0.15) is 0 Å². The lowest BCUT2D eigenvalue weighted by atomic mass is 9.92. The van der Waals surface area contributed by atoms with E-state index in [-0.39, 0.29) is 0 Å². The number of carbonyl (C=O) groups excluding carboxylic acids is 1. The molecule has 1 amide bonds. The molecule has 4 N–H and O–H groups in total. The van der Waals surface area contributed by atoms with Crippen LogP contribution in [0.1, 0.15) is 13.8 Å². The van der Waals surface area contributed by atoms with Crippen molar-refractivity contribution in [1.29, 1.82) is 0 Å². The summed E-state index contributed by atoms with van der Waals surface area (Å²) in [5.41, 5.74) is 0. The van der Waals surface area contributed by atoms with Crippen LogP contribution in [0.2, 0.25) is 0 Å². The molecule has 0 aromatic heterocycles. The molecule has 0 bridgehead atoms. The first-order valence-corrected chi connectivity index (χ1v) is 4.90. The van der Waals surface area contributed by atoms with Gasteiger partial charge in [0, 0.05) is 6.92 Å². The molecule has 7 heteroatoms. The summed E-state index contributed by atoms with van der Waals surface area (Å²) in [6.45, 7) is 1.70. The number of carbonyl (C=O) groups is 1. The molecule has 1 aliphatic rings. The first-order chi connectivity index (χ1) is 7.29. The summed E-state index contributed by atoms with van der Waals surface area (Å²) in [7, 11) is 0. The molecule has 16 heavy (non-hydrogen) atoms. The van der Waals surface area contributed by atoms with E-state index in [0.717, 1.165) is 13.8 Å². The number of nitrogens with one attached hydrogen (secondary N) is 1. The number of hydrogen-bond acceptors (Lipinski definition) is 5. The Balaban J connectivity index is 2.87. The molecule has 1 fully saturated rings. The summed E-state index contributed by atoms with van der Waals surface area (Å²) in [4.78, 5) is 10.8. The molecular weight excluding hydrogens is 221 g/mol. The maximum atomic E-state index is 13.7. The van der Waals surface area contributed by atoms with Gasteiger partial charge in [-0.05, 0) is 6.92 Å². The predicted molar refractivity (Wildman–Crippen MR) is 51.1 cm³/mol. The highest BCUT2D eigenvalue weighted by Gasteiger charge is 2.51. The maximum Gasteiger partial charge on any atom is 0.217 e. The van der Waals surface area contributed by atoms with Gasteiger partial charge in [-0.1, -0.05) is 0 Å². The number of hydrogen-bond donors (Lipinski definition) is 4. The Morgan fingerprint density at radius 1 is 1.62 bits per heavy atom. The van der Waals surface area contributed by atoms with Crippen molar-refractivity contribution in [2.24, 2.45) is 0 Å². The Hall–Kier alpha value is -0.760. The second kappa shape index (κ2) is 4.62. The summed E-state index contributed by atoms with van der Waals surface area (Å²) in [6.07, 6.45) is -4.72. The first-order valence-electron chi connectivity index (χ1n) is 4.90. The fraction of sp³-hybridized carbons (Fsp3) is 0.889. The van der Waals surface area contributed by atoms with Gasteiger partial charge >= 0.3 is 0 Å². The third-order valence-electron chi connectivity index (χ3n) is 2.53. The van der Waals surface area contributed by atoms with Crippen LogP contribution < -0.4 is 5.32 Å². The van der Waals surface area contributed by atoms with E-state index in [4.69, 9.17) is 9.84 Å². The van der Waals surface area contributed by atoms with Crippen LogP contribution in [0.5, 0.6) is 0 Å². The number of aliphatic hydroxyl groups is 3. The van der Waals surface area contributed by atoms with Gasteiger partial charge in [0.25, 0.3) is 0 Å². The van der Waals surface area contributed by atoms with Crippen molar-refractivity contribution in [3.8, 4) is 0 Å². The largest absolute Gasteiger partial charge is 0.394 e. The number of aliphatic hydroxyl groups excluding tert-OH is 2. The lowest BCUT2D eigenvalue weighted by Crippen LogP contribution is -2.67. The first kappa shape index (κ1) is 13.3. The topological polar surface area (TPSA) is 99.0 Å². The van der Waals surface area contributed by atoms with Gasteiger partial charge in [-0.3, -0.25) is 4.79 Å². The van der Waals surface area contributed by atoms with Gasteiger partial charge in [0.1, 0.15) is 18.2 Å². The monoisotopic (exact) mass is 237 g/mol. The van der Waals surface area contributed by atoms with Crippen LogP contribution in [0.3, 0.4) is 0 Å². The molecule has 0 saturated carbocycles. The molecule has 0 spiro atoms. The highest BCUT2D eigenvalue weighted by atomic mass is 19.1. The van der Waals surface area contributed by atoms with Crippen molar-refractivity contribution in [1.82, 2.24) is 5.32 Å². The van der Waals surface area contributed by atoms with E-state index in [1.54, 1.807) is 0 Å².